The summed E-state index contributed by atoms with van der Waals surface area (Å²) in [6.07, 6.45) is 4.13. The minimum absolute atomic E-state index is 0.459. The molecular formula is C10H14BrNS. The van der Waals surface area contributed by atoms with E-state index in [1.165, 1.54) is 9.35 Å². The van der Waals surface area contributed by atoms with E-state index >= 15 is 0 Å². The lowest BCUT2D eigenvalue weighted by atomic mass is 10.1. The van der Waals surface area contributed by atoms with Crippen LogP contribution in [0.2, 0.25) is 0 Å². The van der Waals surface area contributed by atoms with Crippen molar-refractivity contribution in [3.05, 3.63) is 33.5 Å². The first-order valence-corrected chi connectivity index (χ1v) is 5.97. The molecule has 72 valence electrons. The molecule has 0 spiro atoms. The van der Waals surface area contributed by atoms with E-state index in [-0.39, 0.29) is 0 Å². The molecule has 3 heteroatoms. The van der Waals surface area contributed by atoms with Crippen molar-refractivity contribution in [1.29, 1.82) is 0 Å². The molecule has 0 aliphatic heterocycles. The Bertz CT molecular complexity index is 270. The molecule has 0 radical (unpaired) electrons. The van der Waals surface area contributed by atoms with Gasteiger partial charge in [0.2, 0.25) is 0 Å². The summed E-state index contributed by atoms with van der Waals surface area (Å²) in [6.45, 7) is 3.73. The lowest BCUT2D eigenvalue weighted by molar-refractivity contribution is 0.556. The van der Waals surface area contributed by atoms with Crippen molar-refractivity contribution < 1.29 is 0 Å². The molecule has 0 aromatic carbocycles. The number of halogens is 1. The Balaban J connectivity index is 2.60. The molecule has 1 aromatic rings. The molecule has 1 rings (SSSR count). The van der Waals surface area contributed by atoms with Gasteiger partial charge < -0.3 is 5.32 Å². The summed E-state index contributed by atoms with van der Waals surface area (Å²) in [5, 5.41) is 5.49. The second kappa shape index (κ2) is 5.58. The number of nitrogens with one attached hydrogen (secondary N) is 1. The van der Waals surface area contributed by atoms with E-state index in [1.807, 2.05) is 13.1 Å². The van der Waals surface area contributed by atoms with Crippen molar-refractivity contribution in [3.8, 4) is 0 Å². The van der Waals surface area contributed by atoms with E-state index in [1.54, 1.807) is 11.3 Å². The Labute approximate surface area is 92.0 Å². The van der Waals surface area contributed by atoms with Crippen LogP contribution >= 0.6 is 27.3 Å². The first kappa shape index (κ1) is 11.0. The zero-order valence-electron chi connectivity index (χ0n) is 7.72. The summed E-state index contributed by atoms with van der Waals surface area (Å²) >= 11 is 5.20. The first-order valence-electron chi connectivity index (χ1n) is 4.30. The van der Waals surface area contributed by atoms with Crippen molar-refractivity contribution in [1.82, 2.24) is 5.32 Å². The average Bonchev–Trinajstić information content (AvgIpc) is 2.54. The lowest BCUT2D eigenvalue weighted by Crippen LogP contribution is -2.15. The summed E-state index contributed by atoms with van der Waals surface area (Å²) in [6, 6.07) is 2.63. The molecule has 0 saturated carbocycles. The molecule has 0 fully saturated rings. The molecule has 1 heterocycles. The highest BCUT2D eigenvalue weighted by Crippen LogP contribution is 2.27. The van der Waals surface area contributed by atoms with Crippen molar-refractivity contribution in [2.24, 2.45) is 0 Å². The van der Waals surface area contributed by atoms with Gasteiger partial charge in [-0.1, -0.05) is 6.08 Å². The normalized spacial score (nSPS) is 12.8. The number of hydrogen-bond acceptors (Lipinski definition) is 2. The predicted octanol–water partition coefficient (Wildman–Crippen LogP) is 3.74. The number of allylic oxidation sites excluding steroid dienone is 1. The summed E-state index contributed by atoms with van der Waals surface area (Å²) in [4.78, 5) is 0. The maximum atomic E-state index is 3.73. The fourth-order valence-corrected chi connectivity index (χ4v) is 2.50. The Kier molecular flexibility index (Phi) is 4.70. The Morgan fingerprint density at radius 2 is 2.54 bits per heavy atom. The quantitative estimate of drug-likeness (QED) is 0.795. The average molecular weight is 260 g/mol. The molecule has 1 atom stereocenters. The molecular weight excluding hydrogens is 246 g/mol. The number of thiophene rings is 1. The zero-order chi connectivity index (χ0) is 9.68. The summed E-state index contributed by atoms with van der Waals surface area (Å²) in [5.74, 6) is 0. The molecule has 0 aliphatic rings. The molecule has 1 aromatic heterocycles. The van der Waals surface area contributed by atoms with Crippen LogP contribution in [-0.2, 0) is 0 Å². The van der Waals surface area contributed by atoms with Gasteiger partial charge in [-0.15, -0.1) is 17.9 Å². The van der Waals surface area contributed by atoms with Crippen LogP contribution in [0.4, 0.5) is 0 Å². The highest BCUT2D eigenvalue weighted by molar-refractivity contribution is 9.11. The Morgan fingerprint density at radius 1 is 1.77 bits per heavy atom. The monoisotopic (exact) mass is 259 g/mol. The third-order valence-electron chi connectivity index (χ3n) is 2.00. The minimum atomic E-state index is 0.459. The SMILES string of the molecule is C=CCCC(NC)c1csc(Br)c1. The van der Waals surface area contributed by atoms with Crippen LogP contribution in [0.5, 0.6) is 0 Å². The lowest BCUT2D eigenvalue weighted by Gasteiger charge is -2.13. The second-order valence-electron chi connectivity index (χ2n) is 2.89. The van der Waals surface area contributed by atoms with Gasteiger partial charge in [0.1, 0.15) is 0 Å². The molecule has 0 saturated heterocycles. The zero-order valence-corrected chi connectivity index (χ0v) is 10.1. The fraction of sp³-hybridized carbons (Fsp3) is 0.400. The number of hydrogen-bond donors (Lipinski definition) is 1. The first-order chi connectivity index (χ1) is 6.27. The standard InChI is InChI=1S/C10H14BrNS/c1-3-4-5-9(12-2)8-6-10(11)13-7-8/h3,6-7,9,12H,1,4-5H2,2H3. The van der Waals surface area contributed by atoms with Gasteiger partial charge in [0, 0.05) is 6.04 Å². The Hall–Kier alpha value is -0.120. The van der Waals surface area contributed by atoms with Crippen LogP contribution < -0.4 is 5.32 Å². The van der Waals surface area contributed by atoms with Gasteiger partial charge in [-0.05, 0) is 52.8 Å². The molecule has 1 nitrogen and oxygen atoms in total. The molecule has 1 unspecified atom stereocenters. The van der Waals surface area contributed by atoms with E-state index < -0.39 is 0 Å². The fourth-order valence-electron chi connectivity index (χ4n) is 1.27. The third-order valence-corrected chi connectivity index (χ3v) is 3.52. The van der Waals surface area contributed by atoms with Crippen molar-refractivity contribution >= 4 is 27.3 Å². The maximum absolute atomic E-state index is 3.73. The Morgan fingerprint density at radius 3 is 3.00 bits per heavy atom. The minimum Gasteiger partial charge on any atom is -0.313 e. The van der Waals surface area contributed by atoms with Crippen LogP contribution in [0, 0.1) is 0 Å². The highest BCUT2D eigenvalue weighted by Gasteiger charge is 2.09. The predicted molar refractivity (Wildman–Crippen MR) is 63.3 cm³/mol. The van der Waals surface area contributed by atoms with Crippen LogP contribution in [0.15, 0.2) is 27.9 Å². The summed E-state index contributed by atoms with van der Waals surface area (Å²) in [5.41, 5.74) is 1.36. The number of rotatable bonds is 5. The van der Waals surface area contributed by atoms with Gasteiger partial charge in [-0.2, -0.15) is 0 Å². The van der Waals surface area contributed by atoms with Crippen molar-refractivity contribution in [3.63, 3.8) is 0 Å². The molecule has 1 N–H and O–H groups in total. The van der Waals surface area contributed by atoms with E-state index in [0.29, 0.717) is 6.04 Å². The summed E-state index contributed by atoms with van der Waals surface area (Å²) in [7, 11) is 2.00. The third kappa shape index (κ3) is 3.25. The molecule has 0 amide bonds. The molecule has 13 heavy (non-hydrogen) atoms. The maximum Gasteiger partial charge on any atom is 0.0701 e. The smallest absolute Gasteiger partial charge is 0.0701 e. The highest BCUT2D eigenvalue weighted by atomic mass is 79.9. The second-order valence-corrected chi connectivity index (χ2v) is 5.18. The van der Waals surface area contributed by atoms with E-state index in [2.05, 4.69) is 39.3 Å². The van der Waals surface area contributed by atoms with Gasteiger partial charge in [-0.25, -0.2) is 0 Å². The van der Waals surface area contributed by atoms with Crippen LogP contribution in [0.25, 0.3) is 0 Å². The van der Waals surface area contributed by atoms with Crippen molar-refractivity contribution in [2.75, 3.05) is 7.05 Å². The topological polar surface area (TPSA) is 12.0 Å². The van der Waals surface area contributed by atoms with E-state index in [0.717, 1.165) is 12.8 Å². The molecule has 0 bridgehead atoms. The largest absolute Gasteiger partial charge is 0.313 e. The van der Waals surface area contributed by atoms with E-state index in [9.17, 15) is 0 Å². The van der Waals surface area contributed by atoms with Crippen LogP contribution in [0.1, 0.15) is 24.4 Å². The van der Waals surface area contributed by atoms with E-state index in [4.69, 9.17) is 0 Å². The summed E-state index contributed by atoms with van der Waals surface area (Å²) < 4.78 is 1.20. The van der Waals surface area contributed by atoms with Crippen LogP contribution in [-0.4, -0.2) is 7.05 Å². The van der Waals surface area contributed by atoms with Gasteiger partial charge in [0.25, 0.3) is 0 Å². The van der Waals surface area contributed by atoms with Gasteiger partial charge >= 0.3 is 0 Å². The van der Waals surface area contributed by atoms with Gasteiger partial charge in [-0.3, -0.25) is 0 Å². The van der Waals surface area contributed by atoms with Crippen LogP contribution in [0.3, 0.4) is 0 Å². The van der Waals surface area contributed by atoms with Gasteiger partial charge in [0.15, 0.2) is 0 Å². The van der Waals surface area contributed by atoms with Gasteiger partial charge in [0.05, 0.1) is 3.79 Å². The van der Waals surface area contributed by atoms with Crippen molar-refractivity contribution in [2.45, 2.75) is 18.9 Å². The molecule has 0 aliphatic carbocycles.